The van der Waals surface area contributed by atoms with Crippen LogP contribution in [0.4, 0.5) is 13.2 Å². The smallest absolute Gasteiger partial charge is 0.377 e. The van der Waals surface area contributed by atoms with Crippen LogP contribution in [0.5, 0.6) is 0 Å². The van der Waals surface area contributed by atoms with E-state index in [1.807, 2.05) is 0 Å². The maximum absolute atomic E-state index is 13.2. The number of alkyl halides is 3. The molecule has 0 saturated carbocycles. The number of morpholine rings is 1. The first-order valence-electron chi connectivity index (χ1n) is 9.76. The molecule has 2 heterocycles. The van der Waals surface area contributed by atoms with Crippen LogP contribution in [0.1, 0.15) is 21.6 Å². The van der Waals surface area contributed by atoms with Gasteiger partial charge in [-0.2, -0.15) is 13.2 Å². The lowest BCUT2D eigenvalue weighted by atomic mass is 10.1. The van der Waals surface area contributed by atoms with Gasteiger partial charge < -0.3 is 9.64 Å². The van der Waals surface area contributed by atoms with Crippen molar-refractivity contribution in [2.75, 3.05) is 19.8 Å². The molecule has 1 saturated heterocycles. The third kappa shape index (κ3) is 5.11. The molecule has 0 spiro atoms. The van der Waals surface area contributed by atoms with E-state index >= 15 is 0 Å². The molecule has 3 aromatic rings. The maximum Gasteiger partial charge on any atom is 0.416 e. The van der Waals surface area contributed by atoms with Crippen LogP contribution in [-0.2, 0) is 17.3 Å². The summed E-state index contributed by atoms with van der Waals surface area (Å²) < 4.78 is 46.0. The number of amides is 1. The van der Waals surface area contributed by atoms with Crippen LogP contribution in [0, 0.1) is 0 Å². The Bertz CT molecular complexity index is 1170. The number of carbonyl (C=O) groups is 1. The lowest BCUT2D eigenvalue weighted by Crippen LogP contribution is -2.50. The van der Waals surface area contributed by atoms with Crippen LogP contribution < -0.4 is 0 Å². The second-order valence-corrected chi connectivity index (χ2v) is 8.57. The third-order valence-electron chi connectivity index (χ3n) is 5.17. The van der Waals surface area contributed by atoms with Gasteiger partial charge in [-0.05, 0) is 30.3 Å². The molecular formula is C21H16Cl3F3N4O2. The van der Waals surface area contributed by atoms with Crippen LogP contribution in [0.3, 0.4) is 0 Å². The van der Waals surface area contributed by atoms with Crippen molar-refractivity contribution in [1.82, 2.24) is 19.9 Å². The Hall–Kier alpha value is -2.33. The summed E-state index contributed by atoms with van der Waals surface area (Å²) in [6, 6.07) is 7.37. The first kappa shape index (κ1) is 23.8. The molecule has 1 aliphatic heterocycles. The molecule has 0 aliphatic carbocycles. The summed E-state index contributed by atoms with van der Waals surface area (Å²) in [5, 5.41) is 8.54. The molecule has 0 bridgehead atoms. The average Bonchev–Trinajstić information content (AvgIpc) is 3.21. The number of benzene rings is 2. The van der Waals surface area contributed by atoms with Gasteiger partial charge in [-0.3, -0.25) is 4.79 Å². The number of rotatable bonds is 4. The lowest BCUT2D eigenvalue weighted by molar-refractivity contribution is -0.137. The topological polar surface area (TPSA) is 60.2 Å². The Labute approximate surface area is 201 Å². The van der Waals surface area contributed by atoms with Crippen molar-refractivity contribution in [3.8, 4) is 5.69 Å². The van der Waals surface area contributed by atoms with Gasteiger partial charge in [-0.1, -0.05) is 46.1 Å². The molecule has 1 amide bonds. The summed E-state index contributed by atoms with van der Waals surface area (Å²) in [5.74, 6) is -0.341. The highest BCUT2D eigenvalue weighted by Gasteiger charge is 2.32. The van der Waals surface area contributed by atoms with E-state index in [9.17, 15) is 18.0 Å². The Kier molecular flexibility index (Phi) is 6.86. The number of aromatic nitrogens is 3. The van der Waals surface area contributed by atoms with E-state index in [1.54, 1.807) is 23.1 Å². The fraction of sp³-hybridized carbons (Fsp3) is 0.286. The minimum atomic E-state index is -4.52. The average molecular weight is 520 g/mol. The molecule has 1 unspecified atom stereocenters. The number of hydrogen-bond acceptors (Lipinski definition) is 4. The second-order valence-electron chi connectivity index (χ2n) is 7.35. The molecule has 33 heavy (non-hydrogen) atoms. The van der Waals surface area contributed by atoms with Gasteiger partial charge in [0.05, 0.1) is 63.0 Å². The van der Waals surface area contributed by atoms with Gasteiger partial charge in [0.2, 0.25) is 0 Å². The molecule has 1 aromatic heterocycles. The SMILES string of the molecule is O=C(c1c(Cl)cccc1Cl)N1CCOCC1Cc1cn(-c2cc(C(F)(F)F)ccc2Cl)nn1. The third-order valence-corrected chi connectivity index (χ3v) is 6.12. The van der Waals surface area contributed by atoms with Gasteiger partial charge in [0.1, 0.15) is 0 Å². The molecule has 2 aromatic carbocycles. The van der Waals surface area contributed by atoms with E-state index < -0.39 is 17.8 Å². The number of halogens is 6. The summed E-state index contributed by atoms with van der Waals surface area (Å²) in [5.41, 5.74) is -0.164. The highest BCUT2D eigenvalue weighted by molar-refractivity contribution is 6.39. The van der Waals surface area contributed by atoms with Crippen LogP contribution in [0.15, 0.2) is 42.6 Å². The molecule has 1 atom stereocenters. The highest BCUT2D eigenvalue weighted by Crippen LogP contribution is 2.33. The van der Waals surface area contributed by atoms with Crippen molar-refractivity contribution in [1.29, 1.82) is 0 Å². The van der Waals surface area contributed by atoms with Gasteiger partial charge in [-0.15, -0.1) is 5.10 Å². The largest absolute Gasteiger partial charge is 0.416 e. The van der Waals surface area contributed by atoms with E-state index in [0.717, 1.165) is 18.2 Å². The summed E-state index contributed by atoms with van der Waals surface area (Å²) in [6.45, 7) is 0.903. The predicted octanol–water partition coefficient (Wildman–Crippen LogP) is 5.33. The van der Waals surface area contributed by atoms with Crippen molar-refractivity contribution >= 4 is 40.7 Å². The molecule has 0 radical (unpaired) electrons. The minimum Gasteiger partial charge on any atom is -0.377 e. The van der Waals surface area contributed by atoms with E-state index in [-0.39, 0.29) is 45.3 Å². The van der Waals surface area contributed by atoms with Crippen LogP contribution in [-0.4, -0.2) is 51.6 Å². The van der Waals surface area contributed by atoms with Crippen LogP contribution >= 0.6 is 34.8 Å². The first-order chi connectivity index (χ1) is 15.6. The fourth-order valence-corrected chi connectivity index (χ4v) is 4.32. The van der Waals surface area contributed by atoms with Crippen molar-refractivity contribution in [3.63, 3.8) is 0 Å². The molecule has 1 aliphatic rings. The van der Waals surface area contributed by atoms with Gasteiger partial charge in [0, 0.05) is 13.0 Å². The Balaban J connectivity index is 1.58. The Morgan fingerprint density at radius 3 is 2.55 bits per heavy atom. The maximum atomic E-state index is 13.2. The van der Waals surface area contributed by atoms with E-state index in [1.165, 1.54) is 10.9 Å². The normalized spacial score (nSPS) is 16.8. The fourth-order valence-electron chi connectivity index (χ4n) is 3.55. The molecular weight excluding hydrogens is 504 g/mol. The Morgan fingerprint density at radius 1 is 1.12 bits per heavy atom. The monoisotopic (exact) mass is 518 g/mol. The van der Waals surface area contributed by atoms with Crippen molar-refractivity contribution < 1.29 is 22.7 Å². The van der Waals surface area contributed by atoms with E-state index in [2.05, 4.69) is 10.3 Å². The number of carbonyl (C=O) groups excluding carboxylic acids is 1. The highest BCUT2D eigenvalue weighted by atomic mass is 35.5. The summed E-state index contributed by atoms with van der Waals surface area (Å²) >= 11 is 18.5. The summed E-state index contributed by atoms with van der Waals surface area (Å²) in [7, 11) is 0. The molecule has 12 heteroatoms. The zero-order valence-corrected chi connectivity index (χ0v) is 19.1. The zero-order chi connectivity index (χ0) is 23.8. The van der Waals surface area contributed by atoms with Crippen LogP contribution in [0.25, 0.3) is 5.69 Å². The lowest BCUT2D eigenvalue weighted by Gasteiger charge is -2.35. The number of ether oxygens (including phenoxy) is 1. The minimum absolute atomic E-state index is 0.0425. The molecule has 0 N–H and O–H groups in total. The quantitative estimate of drug-likeness (QED) is 0.468. The van der Waals surface area contributed by atoms with Crippen molar-refractivity contribution in [2.45, 2.75) is 18.6 Å². The van der Waals surface area contributed by atoms with Crippen molar-refractivity contribution in [2.24, 2.45) is 0 Å². The molecule has 4 rings (SSSR count). The number of hydrogen-bond donors (Lipinski definition) is 0. The molecule has 174 valence electrons. The number of nitrogens with zero attached hydrogens (tertiary/aromatic N) is 4. The van der Waals surface area contributed by atoms with Crippen LogP contribution in [0.2, 0.25) is 15.1 Å². The zero-order valence-electron chi connectivity index (χ0n) is 16.8. The van der Waals surface area contributed by atoms with Gasteiger partial charge in [0.15, 0.2) is 0 Å². The molecule has 6 nitrogen and oxygen atoms in total. The summed E-state index contributed by atoms with van der Waals surface area (Å²) in [4.78, 5) is 14.8. The van der Waals surface area contributed by atoms with Gasteiger partial charge >= 0.3 is 6.18 Å². The Morgan fingerprint density at radius 2 is 1.85 bits per heavy atom. The standard InChI is InChI=1S/C21H16Cl3F3N4O2/c22-15-5-4-12(21(25,26)27)8-18(15)31-10-13(28-29-31)9-14-11-33-7-6-30(14)20(32)19-16(23)2-1-3-17(19)24/h1-5,8,10,14H,6-7,9,11H2. The molecule has 1 fully saturated rings. The van der Waals surface area contributed by atoms with Crippen molar-refractivity contribution in [3.05, 3.63) is 74.5 Å². The van der Waals surface area contributed by atoms with Gasteiger partial charge in [0.25, 0.3) is 5.91 Å². The van der Waals surface area contributed by atoms with E-state index in [4.69, 9.17) is 39.5 Å². The van der Waals surface area contributed by atoms with E-state index in [0.29, 0.717) is 18.8 Å². The predicted molar refractivity (Wildman–Crippen MR) is 117 cm³/mol. The first-order valence-corrected chi connectivity index (χ1v) is 10.9. The second kappa shape index (κ2) is 9.50. The van der Waals surface area contributed by atoms with Gasteiger partial charge in [-0.25, -0.2) is 4.68 Å². The summed E-state index contributed by atoms with van der Waals surface area (Å²) in [6.07, 6.45) is -2.80.